The van der Waals surface area contributed by atoms with E-state index in [2.05, 4.69) is 27.2 Å². The molecule has 0 saturated carbocycles. The van der Waals surface area contributed by atoms with E-state index < -0.39 is 7.26 Å². The Hall–Kier alpha value is 0.430. The Morgan fingerprint density at radius 2 is 1.08 bits per heavy atom. The molecule has 0 aliphatic rings. The molecule has 0 aliphatic carbocycles. The van der Waals surface area contributed by atoms with Crippen LogP contribution >= 0.6 is 7.26 Å². The van der Waals surface area contributed by atoms with Gasteiger partial charge in [-0.2, -0.15) is 0 Å². The number of rotatable bonds is 8. The molecule has 0 spiro atoms. The Balaban J connectivity index is 3.42. The molecule has 0 amide bonds. The van der Waals surface area contributed by atoms with Crippen molar-refractivity contribution in [2.24, 2.45) is 0 Å². The van der Waals surface area contributed by atoms with Crippen LogP contribution in [0.5, 0.6) is 0 Å². The first kappa shape index (κ1) is 13.4. The molecule has 0 fully saturated rings. The topological polar surface area (TPSA) is 0 Å². The van der Waals surface area contributed by atoms with Crippen LogP contribution in [0.25, 0.3) is 0 Å². The van der Waals surface area contributed by atoms with Crippen molar-refractivity contribution in [2.45, 2.75) is 52.4 Å². The van der Waals surface area contributed by atoms with Gasteiger partial charge in [0.15, 0.2) is 0 Å². The van der Waals surface area contributed by atoms with E-state index in [1.807, 2.05) is 0 Å². The van der Waals surface area contributed by atoms with Gasteiger partial charge in [-0.1, -0.05) is 39.5 Å². The summed E-state index contributed by atoms with van der Waals surface area (Å²) in [6.07, 6.45) is 11.6. The fourth-order valence-electron chi connectivity index (χ4n) is 1.69. The third-order valence-electron chi connectivity index (χ3n) is 2.73. The van der Waals surface area contributed by atoms with Crippen LogP contribution in [0.1, 0.15) is 52.4 Å². The first-order chi connectivity index (χ1) is 6.12. The molecule has 0 heterocycles. The van der Waals surface area contributed by atoms with E-state index in [-0.39, 0.29) is 0 Å². The van der Waals surface area contributed by atoms with Gasteiger partial charge < -0.3 is 0 Å². The minimum atomic E-state index is -0.502. The van der Waals surface area contributed by atoms with E-state index >= 15 is 0 Å². The van der Waals surface area contributed by atoms with Gasteiger partial charge >= 0.3 is 0 Å². The summed E-state index contributed by atoms with van der Waals surface area (Å²) in [6.45, 7) is 9.67. The van der Waals surface area contributed by atoms with Crippen molar-refractivity contribution < 1.29 is 0 Å². The van der Waals surface area contributed by atoms with Crippen molar-refractivity contribution in [3.8, 4) is 0 Å². The van der Waals surface area contributed by atoms with Crippen LogP contribution in [-0.2, 0) is 0 Å². The van der Waals surface area contributed by atoms with Gasteiger partial charge in [-0.05, 0) is 12.8 Å². The maximum absolute atomic E-state index is 2.54. The average molecular weight is 203 g/mol. The molecule has 0 aliphatic heterocycles. The Morgan fingerprint density at radius 1 is 0.692 bits per heavy atom. The summed E-state index contributed by atoms with van der Waals surface area (Å²) in [5.41, 5.74) is 0. The minimum Gasteiger partial charge on any atom is -0.0654 e. The lowest BCUT2D eigenvalue weighted by Crippen LogP contribution is -2.00. The number of unbranched alkanes of at least 4 members (excludes halogenated alkanes) is 4. The minimum absolute atomic E-state index is 0.502. The molecule has 0 N–H and O–H groups in total. The lowest BCUT2D eigenvalue weighted by atomic mass is 10.3. The van der Waals surface area contributed by atoms with Crippen LogP contribution in [0.3, 0.4) is 0 Å². The quantitative estimate of drug-likeness (QED) is 0.398. The summed E-state index contributed by atoms with van der Waals surface area (Å²) < 4.78 is 0. The third kappa shape index (κ3) is 8.75. The third-order valence-corrected chi connectivity index (χ3v) is 5.79. The van der Waals surface area contributed by atoms with Crippen molar-refractivity contribution in [3.05, 3.63) is 0 Å². The fourth-order valence-corrected chi connectivity index (χ4v) is 4.07. The van der Waals surface area contributed by atoms with Gasteiger partial charge in [0.2, 0.25) is 0 Å². The number of hydrogen-bond donors (Lipinski definition) is 0. The molecule has 0 unspecified atom stereocenters. The summed E-state index contributed by atoms with van der Waals surface area (Å²) in [5.74, 6) is 0. The van der Waals surface area contributed by atoms with E-state index in [1.54, 1.807) is 0 Å². The highest BCUT2D eigenvalue weighted by atomic mass is 31.2. The van der Waals surface area contributed by atoms with Gasteiger partial charge in [0.25, 0.3) is 0 Å². The zero-order valence-electron chi connectivity index (χ0n) is 10.1. The summed E-state index contributed by atoms with van der Waals surface area (Å²) >= 11 is 0. The van der Waals surface area contributed by atoms with Gasteiger partial charge in [-0.15, -0.1) is 0 Å². The molecule has 0 atom stereocenters. The molecular formula is C12H28P+. The second-order valence-corrected chi connectivity index (χ2v) is 9.56. The molecule has 0 nitrogen and oxygen atoms in total. The molecule has 0 aromatic rings. The molecule has 0 saturated heterocycles. The summed E-state index contributed by atoms with van der Waals surface area (Å²) in [6, 6.07) is 0. The molecule has 1 heteroatoms. The van der Waals surface area contributed by atoms with Crippen LogP contribution in [0, 0.1) is 0 Å². The van der Waals surface area contributed by atoms with Crippen molar-refractivity contribution in [3.63, 3.8) is 0 Å². The molecule has 80 valence electrons. The monoisotopic (exact) mass is 203 g/mol. The molecule has 0 aromatic heterocycles. The highest BCUT2D eigenvalue weighted by Crippen LogP contribution is 2.52. The highest BCUT2D eigenvalue weighted by Gasteiger charge is 2.22. The molecule has 13 heavy (non-hydrogen) atoms. The van der Waals surface area contributed by atoms with E-state index in [0.29, 0.717) is 0 Å². The zero-order valence-corrected chi connectivity index (χ0v) is 11.0. The van der Waals surface area contributed by atoms with E-state index in [1.165, 1.54) is 50.8 Å². The molecule has 0 aromatic carbocycles. The Morgan fingerprint density at radius 3 is 1.38 bits per heavy atom. The Kier molecular flexibility index (Phi) is 8.06. The summed E-state index contributed by atoms with van der Waals surface area (Å²) in [5, 5.41) is 0. The van der Waals surface area contributed by atoms with E-state index in [4.69, 9.17) is 0 Å². The van der Waals surface area contributed by atoms with Gasteiger partial charge in [-0.25, -0.2) is 0 Å². The Bertz CT molecular complexity index is 95.7. The van der Waals surface area contributed by atoms with Crippen molar-refractivity contribution in [2.75, 3.05) is 25.7 Å². The molecule has 0 rings (SSSR count). The second kappa shape index (κ2) is 7.80. The highest BCUT2D eigenvalue weighted by molar-refractivity contribution is 7.74. The second-order valence-electron chi connectivity index (χ2n) is 4.80. The number of hydrogen-bond acceptors (Lipinski definition) is 0. The normalized spacial score (nSPS) is 12.0. The predicted molar refractivity (Wildman–Crippen MR) is 67.6 cm³/mol. The smallest absolute Gasteiger partial charge is 0.0589 e. The first-order valence-electron chi connectivity index (χ1n) is 5.94. The van der Waals surface area contributed by atoms with Crippen LogP contribution < -0.4 is 0 Å². The predicted octanol–water partition coefficient (Wildman–Crippen LogP) is 4.64. The lowest BCUT2D eigenvalue weighted by molar-refractivity contribution is 0.759. The molecule has 0 bridgehead atoms. The van der Waals surface area contributed by atoms with Crippen LogP contribution in [-0.4, -0.2) is 25.7 Å². The Labute approximate surface area is 85.8 Å². The summed E-state index contributed by atoms with van der Waals surface area (Å²) in [4.78, 5) is 0. The molecular weight excluding hydrogens is 175 g/mol. The zero-order chi connectivity index (χ0) is 10.2. The van der Waals surface area contributed by atoms with Gasteiger partial charge in [0.1, 0.15) is 0 Å². The fraction of sp³-hybridized carbons (Fsp3) is 1.00. The van der Waals surface area contributed by atoms with E-state index in [9.17, 15) is 0 Å². The van der Waals surface area contributed by atoms with Gasteiger partial charge in [0, 0.05) is 20.6 Å². The van der Waals surface area contributed by atoms with Crippen LogP contribution in [0.4, 0.5) is 0 Å². The SMILES string of the molecule is CCCCC[P+](C)(C)CCCCC. The van der Waals surface area contributed by atoms with Gasteiger partial charge in [-0.3, -0.25) is 0 Å². The maximum Gasteiger partial charge on any atom is 0.0589 e. The first-order valence-corrected chi connectivity index (χ1v) is 8.99. The standard InChI is InChI=1S/C12H28P/c1-5-7-9-11-13(3,4)12-10-8-6-2/h5-12H2,1-4H3/q+1. The van der Waals surface area contributed by atoms with E-state index in [0.717, 1.165) is 0 Å². The van der Waals surface area contributed by atoms with Crippen LogP contribution in [0.15, 0.2) is 0 Å². The van der Waals surface area contributed by atoms with Crippen LogP contribution in [0.2, 0.25) is 0 Å². The van der Waals surface area contributed by atoms with Crippen molar-refractivity contribution >= 4 is 7.26 Å². The van der Waals surface area contributed by atoms with Crippen molar-refractivity contribution in [1.82, 2.24) is 0 Å². The van der Waals surface area contributed by atoms with Crippen molar-refractivity contribution in [1.29, 1.82) is 0 Å². The lowest BCUT2D eigenvalue weighted by Gasteiger charge is -2.17. The molecule has 0 radical (unpaired) electrons. The van der Waals surface area contributed by atoms with Gasteiger partial charge in [0.05, 0.1) is 12.3 Å². The maximum atomic E-state index is 2.54. The summed E-state index contributed by atoms with van der Waals surface area (Å²) in [7, 11) is -0.502. The average Bonchev–Trinajstić information content (AvgIpc) is 2.05. The largest absolute Gasteiger partial charge is 0.0654 e.